The number of carboxylic acids is 1. The third-order valence-electron chi connectivity index (χ3n) is 1.89. The Bertz CT molecular complexity index is 557. The summed E-state index contributed by atoms with van der Waals surface area (Å²) in [5, 5.41) is 8.41. The van der Waals surface area contributed by atoms with Crippen LogP contribution in [0.15, 0.2) is 24.3 Å². The van der Waals surface area contributed by atoms with E-state index in [9.17, 15) is 13.2 Å². The van der Waals surface area contributed by atoms with Gasteiger partial charge in [0.05, 0.1) is 12.2 Å². The monoisotopic (exact) mass is 253 g/mol. The summed E-state index contributed by atoms with van der Waals surface area (Å²) in [6.45, 7) is 0. The number of carbonyl (C=O) groups is 1. The lowest BCUT2D eigenvalue weighted by atomic mass is 10.2. The topological polar surface area (TPSA) is 83.5 Å². The first-order valence-corrected chi connectivity index (χ1v) is 6.37. The van der Waals surface area contributed by atoms with Crippen molar-refractivity contribution in [1.29, 1.82) is 0 Å². The molecule has 2 N–H and O–H groups in total. The SMILES string of the molecule is C#Cc1cccc(NS(=O)(=O)CCC(=O)O)c1. The Hall–Kier alpha value is -2.00. The molecule has 6 heteroatoms. The van der Waals surface area contributed by atoms with E-state index in [1.807, 2.05) is 0 Å². The molecule has 90 valence electrons. The fourth-order valence-corrected chi connectivity index (χ4v) is 2.16. The Balaban J connectivity index is 2.76. The van der Waals surface area contributed by atoms with Crippen LogP contribution in [0, 0.1) is 12.3 Å². The summed E-state index contributed by atoms with van der Waals surface area (Å²) in [5.41, 5.74) is 0.870. The number of hydrogen-bond acceptors (Lipinski definition) is 3. The molecule has 0 saturated heterocycles. The van der Waals surface area contributed by atoms with Crippen molar-refractivity contribution in [2.75, 3.05) is 10.5 Å². The number of terminal acetylenes is 1. The number of rotatable bonds is 5. The van der Waals surface area contributed by atoms with Gasteiger partial charge in [-0.25, -0.2) is 8.42 Å². The van der Waals surface area contributed by atoms with Crippen LogP contribution in [0.3, 0.4) is 0 Å². The number of carboxylic acid groups (broad SMARTS) is 1. The molecule has 5 nitrogen and oxygen atoms in total. The third-order valence-corrected chi connectivity index (χ3v) is 3.18. The minimum Gasteiger partial charge on any atom is -0.481 e. The van der Waals surface area contributed by atoms with Gasteiger partial charge >= 0.3 is 5.97 Å². The van der Waals surface area contributed by atoms with Crippen molar-refractivity contribution in [2.24, 2.45) is 0 Å². The molecular formula is C11H11NO4S. The van der Waals surface area contributed by atoms with Crippen LogP contribution in [-0.2, 0) is 14.8 Å². The average molecular weight is 253 g/mol. The van der Waals surface area contributed by atoms with Crippen molar-refractivity contribution >= 4 is 21.7 Å². The molecule has 0 atom stereocenters. The minimum atomic E-state index is -3.65. The fraction of sp³-hybridized carbons (Fsp3) is 0.182. The van der Waals surface area contributed by atoms with Crippen molar-refractivity contribution in [1.82, 2.24) is 0 Å². The van der Waals surface area contributed by atoms with E-state index < -0.39 is 28.2 Å². The lowest BCUT2D eigenvalue weighted by molar-refractivity contribution is -0.136. The highest BCUT2D eigenvalue weighted by molar-refractivity contribution is 7.92. The number of nitrogens with one attached hydrogen (secondary N) is 1. The largest absolute Gasteiger partial charge is 0.481 e. The molecular weight excluding hydrogens is 242 g/mol. The van der Waals surface area contributed by atoms with Crippen LogP contribution < -0.4 is 4.72 Å². The molecule has 0 unspecified atom stereocenters. The van der Waals surface area contributed by atoms with Crippen LogP contribution in [-0.4, -0.2) is 25.2 Å². The maximum absolute atomic E-state index is 11.5. The maximum atomic E-state index is 11.5. The highest BCUT2D eigenvalue weighted by Gasteiger charge is 2.12. The number of sulfonamides is 1. The third kappa shape index (κ3) is 4.57. The van der Waals surface area contributed by atoms with Gasteiger partial charge in [-0.05, 0) is 18.2 Å². The van der Waals surface area contributed by atoms with E-state index in [0.29, 0.717) is 11.3 Å². The zero-order valence-electron chi connectivity index (χ0n) is 8.88. The van der Waals surface area contributed by atoms with Crippen molar-refractivity contribution in [2.45, 2.75) is 6.42 Å². The van der Waals surface area contributed by atoms with Gasteiger partial charge in [-0.1, -0.05) is 12.0 Å². The first kappa shape index (κ1) is 13.1. The van der Waals surface area contributed by atoms with Crippen molar-refractivity contribution in [3.8, 4) is 12.3 Å². The molecule has 0 saturated carbocycles. The van der Waals surface area contributed by atoms with E-state index in [1.54, 1.807) is 18.2 Å². The Morgan fingerprint density at radius 3 is 2.76 bits per heavy atom. The van der Waals surface area contributed by atoms with E-state index >= 15 is 0 Å². The van der Waals surface area contributed by atoms with Gasteiger partial charge in [-0.3, -0.25) is 9.52 Å². The molecule has 0 aliphatic heterocycles. The Kier molecular flexibility index (Phi) is 4.12. The highest BCUT2D eigenvalue weighted by Crippen LogP contribution is 2.12. The molecule has 0 aliphatic carbocycles. The molecule has 0 bridgehead atoms. The molecule has 0 heterocycles. The Morgan fingerprint density at radius 1 is 1.47 bits per heavy atom. The van der Waals surface area contributed by atoms with Gasteiger partial charge in [0.15, 0.2) is 0 Å². The summed E-state index contributed by atoms with van der Waals surface area (Å²) in [7, 11) is -3.65. The van der Waals surface area contributed by atoms with Crippen LogP contribution in [0.2, 0.25) is 0 Å². The molecule has 1 aromatic carbocycles. The van der Waals surface area contributed by atoms with Crippen molar-refractivity contribution in [3.05, 3.63) is 29.8 Å². The summed E-state index contributed by atoms with van der Waals surface area (Å²) >= 11 is 0. The molecule has 0 aliphatic rings. The van der Waals surface area contributed by atoms with Gasteiger partial charge in [0.2, 0.25) is 10.0 Å². The van der Waals surface area contributed by atoms with E-state index in [2.05, 4.69) is 10.6 Å². The molecule has 0 fully saturated rings. The lowest BCUT2D eigenvalue weighted by Crippen LogP contribution is -2.18. The second kappa shape index (κ2) is 5.37. The minimum absolute atomic E-state index is 0.325. The smallest absolute Gasteiger partial charge is 0.304 e. The summed E-state index contributed by atoms with van der Waals surface area (Å²) in [5.74, 6) is 0.745. The number of anilines is 1. The van der Waals surface area contributed by atoms with Crippen LogP contribution in [0.4, 0.5) is 5.69 Å². The van der Waals surface area contributed by atoms with Gasteiger partial charge in [-0.15, -0.1) is 6.42 Å². The molecule has 1 rings (SSSR count). The second-order valence-corrected chi connectivity index (χ2v) is 5.13. The molecule has 0 radical (unpaired) electrons. The zero-order chi connectivity index (χ0) is 12.9. The molecule has 0 amide bonds. The van der Waals surface area contributed by atoms with Crippen molar-refractivity contribution in [3.63, 3.8) is 0 Å². The van der Waals surface area contributed by atoms with Gasteiger partial charge in [0.25, 0.3) is 0 Å². The predicted molar refractivity (Wildman–Crippen MR) is 64.0 cm³/mol. The number of benzene rings is 1. The summed E-state index contributed by atoms with van der Waals surface area (Å²) < 4.78 is 25.2. The first-order chi connectivity index (χ1) is 7.93. The fourth-order valence-electron chi connectivity index (χ4n) is 1.12. The lowest BCUT2D eigenvalue weighted by Gasteiger charge is -2.06. The number of aliphatic carboxylic acids is 1. The van der Waals surface area contributed by atoms with Gasteiger partial charge < -0.3 is 5.11 Å². The highest BCUT2D eigenvalue weighted by atomic mass is 32.2. The summed E-state index contributed by atoms with van der Waals surface area (Å²) in [4.78, 5) is 10.3. The summed E-state index contributed by atoms with van der Waals surface area (Å²) in [6.07, 6.45) is 4.74. The van der Waals surface area contributed by atoms with E-state index in [4.69, 9.17) is 11.5 Å². The van der Waals surface area contributed by atoms with Gasteiger partial charge in [-0.2, -0.15) is 0 Å². The van der Waals surface area contributed by atoms with E-state index in [0.717, 1.165) is 0 Å². The van der Waals surface area contributed by atoms with Gasteiger partial charge in [0.1, 0.15) is 0 Å². The molecule has 0 aromatic heterocycles. The van der Waals surface area contributed by atoms with Gasteiger partial charge in [0, 0.05) is 11.3 Å². The van der Waals surface area contributed by atoms with E-state index in [-0.39, 0.29) is 0 Å². The maximum Gasteiger partial charge on any atom is 0.304 e. The normalized spacial score (nSPS) is 10.5. The second-order valence-electron chi connectivity index (χ2n) is 3.29. The summed E-state index contributed by atoms with van der Waals surface area (Å²) in [6, 6.07) is 6.32. The quantitative estimate of drug-likeness (QED) is 0.763. The van der Waals surface area contributed by atoms with E-state index in [1.165, 1.54) is 6.07 Å². The first-order valence-electron chi connectivity index (χ1n) is 4.72. The van der Waals surface area contributed by atoms with Crippen LogP contribution in [0.25, 0.3) is 0 Å². The van der Waals surface area contributed by atoms with Crippen LogP contribution >= 0.6 is 0 Å². The van der Waals surface area contributed by atoms with Crippen LogP contribution in [0.1, 0.15) is 12.0 Å². The number of hydrogen-bond donors (Lipinski definition) is 2. The molecule has 0 spiro atoms. The zero-order valence-corrected chi connectivity index (χ0v) is 9.70. The predicted octanol–water partition coefficient (Wildman–Crippen LogP) is 0.884. The Labute approximate surface area is 99.5 Å². The average Bonchev–Trinajstić information content (AvgIpc) is 2.26. The standard InChI is InChI=1S/C11H11NO4S/c1-2-9-4-3-5-10(8-9)12-17(15,16)7-6-11(13)14/h1,3-5,8,12H,6-7H2,(H,13,14). The van der Waals surface area contributed by atoms with Crippen molar-refractivity contribution < 1.29 is 18.3 Å². The Morgan fingerprint density at radius 2 is 2.18 bits per heavy atom. The van der Waals surface area contributed by atoms with Crippen LogP contribution in [0.5, 0.6) is 0 Å². The molecule has 1 aromatic rings. The molecule has 17 heavy (non-hydrogen) atoms.